The van der Waals surface area contributed by atoms with Gasteiger partial charge in [-0.25, -0.2) is 16.8 Å². The summed E-state index contributed by atoms with van der Waals surface area (Å²) in [6, 6.07) is 7.74. The first-order chi connectivity index (χ1) is 13.3. The summed E-state index contributed by atoms with van der Waals surface area (Å²) in [6.07, 6.45) is -4.81. The smallest absolute Gasteiger partial charge is 0.223 e. The Morgan fingerprint density at radius 1 is 0.931 bits per heavy atom. The summed E-state index contributed by atoms with van der Waals surface area (Å²) in [4.78, 5) is -0.601. The van der Waals surface area contributed by atoms with E-state index in [9.17, 15) is 30.0 Å². The van der Waals surface area contributed by atoms with Gasteiger partial charge in [0.1, 0.15) is 0 Å². The van der Waals surface area contributed by atoms with Gasteiger partial charge in [-0.15, -0.1) is 0 Å². The minimum atomic E-state index is -4.83. The quantitative estimate of drug-likeness (QED) is 0.646. The highest BCUT2D eigenvalue weighted by atomic mass is 35.5. The summed E-state index contributed by atoms with van der Waals surface area (Å²) >= 11 is 11.3. The van der Waals surface area contributed by atoms with Crippen molar-refractivity contribution in [1.82, 2.24) is 4.31 Å². The normalized spacial score (nSPS) is 18.9. The van der Waals surface area contributed by atoms with Crippen LogP contribution in [0.4, 0.5) is 13.2 Å². The van der Waals surface area contributed by atoms with E-state index < -0.39 is 46.8 Å². The fraction of sp³-hybridized carbons (Fsp3) is 0.294. The Morgan fingerprint density at radius 3 is 2.10 bits per heavy atom. The molecular formula is C17H14Cl2F3NO4S2. The van der Waals surface area contributed by atoms with Gasteiger partial charge in [0, 0.05) is 18.1 Å². The molecule has 1 saturated heterocycles. The van der Waals surface area contributed by atoms with Crippen molar-refractivity contribution in [1.29, 1.82) is 0 Å². The number of halogens is 5. The van der Waals surface area contributed by atoms with Gasteiger partial charge in [-0.2, -0.15) is 17.5 Å². The first-order valence-electron chi connectivity index (χ1n) is 8.20. The monoisotopic (exact) mass is 487 g/mol. The zero-order valence-corrected chi connectivity index (χ0v) is 17.7. The van der Waals surface area contributed by atoms with Crippen LogP contribution in [0.5, 0.6) is 0 Å². The van der Waals surface area contributed by atoms with Crippen molar-refractivity contribution < 1.29 is 30.0 Å². The molecule has 5 nitrogen and oxygen atoms in total. The third kappa shape index (κ3) is 4.41. The number of hydrogen-bond donors (Lipinski definition) is 0. The van der Waals surface area contributed by atoms with Crippen molar-refractivity contribution in [2.45, 2.75) is 27.6 Å². The van der Waals surface area contributed by atoms with Crippen molar-refractivity contribution in [2.24, 2.45) is 0 Å². The Balaban J connectivity index is 1.88. The summed E-state index contributed by atoms with van der Waals surface area (Å²) in [5, 5.41) is -1.29. The number of alkyl halides is 3. The highest BCUT2D eigenvalue weighted by Gasteiger charge is 2.41. The van der Waals surface area contributed by atoms with Crippen LogP contribution in [0.2, 0.25) is 10.0 Å². The molecule has 1 aliphatic rings. The van der Waals surface area contributed by atoms with Gasteiger partial charge in [0.15, 0.2) is 9.84 Å². The second kappa shape index (κ2) is 7.73. The van der Waals surface area contributed by atoms with Gasteiger partial charge in [0.2, 0.25) is 10.0 Å². The van der Waals surface area contributed by atoms with E-state index in [0.29, 0.717) is 11.1 Å². The van der Waals surface area contributed by atoms with Crippen LogP contribution in [0.3, 0.4) is 0 Å². The number of sulfonamides is 1. The number of rotatable bonds is 4. The third-order valence-corrected chi connectivity index (χ3v) is 9.20. The van der Waals surface area contributed by atoms with Crippen molar-refractivity contribution in [3.63, 3.8) is 0 Å². The van der Waals surface area contributed by atoms with Crippen LogP contribution in [0.15, 0.2) is 52.3 Å². The van der Waals surface area contributed by atoms with Gasteiger partial charge >= 0.3 is 6.18 Å². The Labute approximate surface area is 176 Å². The molecule has 12 heteroatoms. The van der Waals surface area contributed by atoms with E-state index in [1.807, 2.05) is 0 Å². The molecule has 1 heterocycles. The van der Waals surface area contributed by atoms with Gasteiger partial charge in [0.05, 0.1) is 25.6 Å². The average Bonchev–Trinajstić information content (AvgIpc) is 3.13. The molecule has 0 saturated carbocycles. The second-order valence-corrected chi connectivity index (χ2v) is 11.4. The topological polar surface area (TPSA) is 71.5 Å². The third-order valence-electron chi connectivity index (χ3n) is 4.57. The maximum absolute atomic E-state index is 13.0. The van der Waals surface area contributed by atoms with E-state index >= 15 is 0 Å². The van der Waals surface area contributed by atoms with Gasteiger partial charge in [0.25, 0.3) is 0 Å². The lowest BCUT2D eigenvalue weighted by Gasteiger charge is -2.18. The Morgan fingerprint density at radius 2 is 1.52 bits per heavy atom. The summed E-state index contributed by atoms with van der Waals surface area (Å²) in [5.74, 6) is 0. The van der Waals surface area contributed by atoms with Gasteiger partial charge in [-0.1, -0.05) is 23.2 Å². The first kappa shape index (κ1) is 22.4. The molecule has 0 aliphatic carbocycles. The summed E-state index contributed by atoms with van der Waals surface area (Å²) in [6.45, 7) is -0.499. The average molecular weight is 488 g/mol. The summed E-state index contributed by atoms with van der Waals surface area (Å²) < 4.78 is 91.1. The van der Waals surface area contributed by atoms with Crippen molar-refractivity contribution in [3.05, 3.63) is 58.1 Å². The molecule has 0 aromatic heterocycles. The summed E-state index contributed by atoms with van der Waals surface area (Å²) in [5.41, 5.74) is -1.27. The Hall–Kier alpha value is -1.33. The standard InChI is InChI=1S/C17H14Cl2F3NO4S2/c18-11-1-3-12(4-2-11)28(24,25)14-7-8-23(10-14)29(26,27)13-5-6-16(19)15(9-13)17(20,21)22/h1-6,9,14H,7-8,10H2. The van der Waals surface area contributed by atoms with E-state index in [1.165, 1.54) is 24.3 Å². The van der Waals surface area contributed by atoms with Gasteiger partial charge < -0.3 is 0 Å². The molecule has 1 aliphatic heterocycles. The molecule has 0 amide bonds. The molecule has 158 valence electrons. The van der Waals surface area contributed by atoms with Crippen LogP contribution >= 0.6 is 23.2 Å². The number of nitrogens with zero attached hydrogens (tertiary/aromatic N) is 1. The van der Waals surface area contributed by atoms with Crippen molar-refractivity contribution >= 4 is 43.1 Å². The predicted octanol–water partition coefficient (Wildman–Crippen LogP) is 4.25. The maximum Gasteiger partial charge on any atom is 0.417 e. The minimum absolute atomic E-state index is 0.00278. The molecular weight excluding hydrogens is 474 g/mol. The fourth-order valence-electron chi connectivity index (χ4n) is 3.02. The SMILES string of the molecule is O=S(=O)(c1ccc(Cl)cc1)C1CCN(S(=O)(=O)c2ccc(Cl)c(C(F)(F)F)c2)C1. The predicted molar refractivity (Wildman–Crippen MR) is 102 cm³/mol. The lowest BCUT2D eigenvalue weighted by Crippen LogP contribution is -2.32. The number of hydrogen-bond acceptors (Lipinski definition) is 4. The number of sulfone groups is 1. The number of benzene rings is 2. The van der Waals surface area contributed by atoms with E-state index in [1.54, 1.807) is 0 Å². The molecule has 0 radical (unpaired) electrons. The molecule has 0 bridgehead atoms. The van der Waals surface area contributed by atoms with Crippen molar-refractivity contribution in [2.75, 3.05) is 13.1 Å². The molecule has 0 N–H and O–H groups in total. The molecule has 29 heavy (non-hydrogen) atoms. The van der Waals surface area contributed by atoms with E-state index in [-0.39, 0.29) is 24.4 Å². The van der Waals surface area contributed by atoms with E-state index in [0.717, 1.165) is 16.4 Å². The van der Waals surface area contributed by atoms with Crippen LogP contribution in [0.25, 0.3) is 0 Å². The van der Waals surface area contributed by atoms with Gasteiger partial charge in [-0.3, -0.25) is 0 Å². The van der Waals surface area contributed by atoms with E-state index in [2.05, 4.69) is 0 Å². The molecule has 1 unspecified atom stereocenters. The van der Waals surface area contributed by atoms with Gasteiger partial charge in [-0.05, 0) is 48.9 Å². The van der Waals surface area contributed by atoms with Crippen LogP contribution in [-0.4, -0.2) is 39.5 Å². The zero-order valence-electron chi connectivity index (χ0n) is 14.5. The van der Waals surface area contributed by atoms with Crippen LogP contribution < -0.4 is 0 Å². The highest BCUT2D eigenvalue weighted by molar-refractivity contribution is 7.92. The molecule has 2 aromatic rings. The first-order valence-corrected chi connectivity index (χ1v) is 11.9. The van der Waals surface area contributed by atoms with Crippen molar-refractivity contribution in [3.8, 4) is 0 Å². The largest absolute Gasteiger partial charge is 0.417 e. The second-order valence-electron chi connectivity index (χ2n) is 6.41. The maximum atomic E-state index is 13.0. The highest BCUT2D eigenvalue weighted by Crippen LogP contribution is 2.37. The minimum Gasteiger partial charge on any atom is -0.223 e. The molecule has 3 rings (SSSR count). The van der Waals surface area contributed by atoms with Crippen LogP contribution in [0, 0.1) is 0 Å². The lowest BCUT2D eigenvalue weighted by molar-refractivity contribution is -0.137. The fourth-order valence-corrected chi connectivity index (χ4v) is 6.68. The van der Waals surface area contributed by atoms with E-state index in [4.69, 9.17) is 23.2 Å². The molecule has 1 atom stereocenters. The molecule has 0 spiro atoms. The Bertz CT molecular complexity index is 1130. The summed E-state index contributed by atoms with van der Waals surface area (Å²) in [7, 11) is -8.17. The molecule has 2 aromatic carbocycles. The Kier molecular flexibility index (Phi) is 5.96. The molecule has 1 fully saturated rings. The van der Waals surface area contributed by atoms with Crippen LogP contribution in [0.1, 0.15) is 12.0 Å². The zero-order chi connectivity index (χ0) is 21.6. The van der Waals surface area contributed by atoms with Crippen LogP contribution in [-0.2, 0) is 26.0 Å². The lowest BCUT2D eigenvalue weighted by atomic mass is 10.2.